The van der Waals surface area contributed by atoms with Crippen molar-refractivity contribution in [2.45, 2.75) is 53.4 Å². The number of ether oxygens (including phenoxy) is 1. The molecule has 166 valence electrons. The van der Waals surface area contributed by atoms with Crippen LogP contribution < -0.4 is 10.2 Å². The number of nitrogens with one attached hydrogen (secondary N) is 1. The van der Waals surface area contributed by atoms with Crippen LogP contribution in [0.2, 0.25) is 0 Å². The van der Waals surface area contributed by atoms with E-state index < -0.39 is 10.8 Å². The molecular weight excluding hydrogens is 394 g/mol. The Bertz CT molecular complexity index is 958. The normalized spacial score (nSPS) is 12.4. The van der Waals surface area contributed by atoms with E-state index in [0.29, 0.717) is 17.0 Å². The van der Waals surface area contributed by atoms with Gasteiger partial charge < -0.3 is 4.74 Å². The molecule has 7 nitrogen and oxygen atoms in total. The molecule has 0 fully saturated rings. The molecule has 1 amide bonds. The summed E-state index contributed by atoms with van der Waals surface area (Å²) in [6, 6.07) is 13.9. The number of non-ortho nitro benzene ring substituents is 1. The van der Waals surface area contributed by atoms with E-state index in [1.807, 2.05) is 24.3 Å². The van der Waals surface area contributed by atoms with E-state index in [4.69, 9.17) is 4.74 Å². The first-order chi connectivity index (χ1) is 14.4. The first-order valence-electron chi connectivity index (χ1n) is 10.2. The van der Waals surface area contributed by atoms with Crippen LogP contribution in [0.5, 0.6) is 5.75 Å². The van der Waals surface area contributed by atoms with Crippen LogP contribution in [0.1, 0.15) is 59.1 Å². The molecule has 0 spiro atoms. The van der Waals surface area contributed by atoms with Crippen LogP contribution in [0.3, 0.4) is 0 Å². The lowest BCUT2D eigenvalue weighted by molar-refractivity contribution is -0.384. The van der Waals surface area contributed by atoms with Gasteiger partial charge in [-0.25, -0.2) is 5.43 Å². The summed E-state index contributed by atoms with van der Waals surface area (Å²) in [7, 11) is 0. The summed E-state index contributed by atoms with van der Waals surface area (Å²) in [4.78, 5) is 22.5. The van der Waals surface area contributed by atoms with Crippen LogP contribution in [0.4, 0.5) is 5.69 Å². The number of amides is 1. The standard InChI is InChI=1S/C24H31N3O4/c1-17(18-8-7-9-20(14-18)27(29)30)25-26-22(28)15-31-21-12-10-19(11-13-21)24(5,6)16-23(2,3)4/h7-14H,15-16H2,1-6H3,(H,26,28)/b25-17+. The molecule has 7 heteroatoms. The first-order valence-corrected chi connectivity index (χ1v) is 10.2. The van der Waals surface area contributed by atoms with Gasteiger partial charge in [-0.3, -0.25) is 14.9 Å². The van der Waals surface area contributed by atoms with Crippen LogP contribution in [0.25, 0.3) is 0 Å². The van der Waals surface area contributed by atoms with Crippen molar-refractivity contribution < 1.29 is 14.5 Å². The Kier molecular flexibility index (Phi) is 7.55. The summed E-state index contributed by atoms with van der Waals surface area (Å²) in [5, 5.41) is 14.9. The molecule has 31 heavy (non-hydrogen) atoms. The summed E-state index contributed by atoms with van der Waals surface area (Å²) in [5.41, 5.74) is 4.88. The van der Waals surface area contributed by atoms with Gasteiger partial charge in [-0.05, 0) is 41.9 Å². The van der Waals surface area contributed by atoms with E-state index in [2.05, 4.69) is 45.1 Å². The van der Waals surface area contributed by atoms with E-state index in [0.717, 1.165) is 6.42 Å². The van der Waals surface area contributed by atoms with Crippen molar-refractivity contribution in [1.82, 2.24) is 5.43 Å². The Labute approximate surface area is 183 Å². The molecule has 0 saturated heterocycles. The predicted octanol–water partition coefficient (Wildman–Crippen LogP) is 5.23. The summed E-state index contributed by atoms with van der Waals surface area (Å²) in [6.45, 7) is 12.6. The molecule has 2 aromatic carbocycles. The number of hydrogen-bond donors (Lipinski definition) is 1. The fraction of sp³-hybridized carbons (Fsp3) is 0.417. The molecule has 0 saturated carbocycles. The van der Waals surface area contributed by atoms with Crippen molar-refractivity contribution in [1.29, 1.82) is 0 Å². The van der Waals surface area contributed by atoms with E-state index >= 15 is 0 Å². The largest absolute Gasteiger partial charge is 0.484 e. The molecule has 0 aliphatic heterocycles. The Morgan fingerprint density at radius 2 is 1.74 bits per heavy atom. The van der Waals surface area contributed by atoms with Crippen molar-refractivity contribution in [3.63, 3.8) is 0 Å². The molecule has 0 heterocycles. The van der Waals surface area contributed by atoms with Gasteiger partial charge in [-0.1, -0.05) is 58.9 Å². The zero-order valence-corrected chi connectivity index (χ0v) is 19.1. The van der Waals surface area contributed by atoms with E-state index in [1.54, 1.807) is 19.1 Å². The summed E-state index contributed by atoms with van der Waals surface area (Å²) < 4.78 is 5.55. The zero-order chi connectivity index (χ0) is 23.2. The lowest BCUT2D eigenvalue weighted by atomic mass is 9.72. The average Bonchev–Trinajstić information content (AvgIpc) is 2.69. The summed E-state index contributed by atoms with van der Waals surface area (Å²) in [6.07, 6.45) is 1.05. The second-order valence-electron chi connectivity index (χ2n) is 9.47. The van der Waals surface area contributed by atoms with Crippen molar-refractivity contribution >= 4 is 17.3 Å². The number of hydrogen-bond acceptors (Lipinski definition) is 5. The summed E-state index contributed by atoms with van der Waals surface area (Å²) in [5.74, 6) is 0.187. The lowest BCUT2D eigenvalue weighted by Crippen LogP contribution is -2.26. The number of carbonyl (C=O) groups excluding carboxylic acids is 1. The Balaban J connectivity index is 1.92. The zero-order valence-electron chi connectivity index (χ0n) is 19.1. The Hall–Kier alpha value is -3.22. The van der Waals surface area contributed by atoms with Crippen molar-refractivity contribution in [3.05, 3.63) is 69.8 Å². The second kappa shape index (κ2) is 9.73. The minimum atomic E-state index is -0.473. The maximum absolute atomic E-state index is 12.1. The number of carbonyl (C=O) groups is 1. The SMILES string of the molecule is C/C(=N\NC(=O)COc1ccc(C(C)(C)CC(C)(C)C)cc1)c1cccc([N+](=O)[O-])c1. The Morgan fingerprint density at radius 3 is 2.32 bits per heavy atom. The second-order valence-corrected chi connectivity index (χ2v) is 9.47. The number of benzene rings is 2. The first kappa shape index (κ1) is 24.1. The number of nitrogens with zero attached hydrogens (tertiary/aromatic N) is 2. The van der Waals surface area contributed by atoms with Gasteiger partial charge in [0.15, 0.2) is 6.61 Å². The topological polar surface area (TPSA) is 93.8 Å². The molecular formula is C24H31N3O4. The van der Waals surface area contributed by atoms with E-state index in [1.165, 1.54) is 17.7 Å². The molecule has 1 N–H and O–H groups in total. The molecule has 0 radical (unpaired) electrons. The highest BCUT2D eigenvalue weighted by atomic mass is 16.6. The van der Waals surface area contributed by atoms with Crippen molar-refractivity contribution in [2.24, 2.45) is 10.5 Å². The maximum Gasteiger partial charge on any atom is 0.277 e. The third kappa shape index (κ3) is 7.51. The Morgan fingerprint density at radius 1 is 1.10 bits per heavy atom. The fourth-order valence-corrected chi connectivity index (χ4v) is 3.67. The number of nitro benzene ring substituents is 1. The van der Waals surface area contributed by atoms with Gasteiger partial charge in [0.05, 0.1) is 10.6 Å². The van der Waals surface area contributed by atoms with Gasteiger partial charge in [0, 0.05) is 17.7 Å². The lowest BCUT2D eigenvalue weighted by Gasteiger charge is -2.33. The summed E-state index contributed by atoms with van der Waals surface area (Å²) >= 11 is 0. The number of hydrazone groups is 1. The molecule has 0 aliphatic rings. The molecule has 2 rings (SSSR count). The number of rotatable bonds is 8. The van der Waals surface area contributed by atoms with Gasteiger partial charge in [-0.2, -0.15) is 5.10 Å². The fourth-order valence-electron chi connectivity index (χ4n) is 3.67. The highest BCUT2D eigenvalue weighted by Crippen LogP contribution is 2.36. The maximum atomic E-state index is 12.1. The van der Waals surface area contributed by atoms with Gasteiger partial charge >= 0.3 is 0 Å². The molecule has 0 aliphatic carbocycles. The average molecular weight is 426 g/mol. The predicted molar refractivity (Wildman–Crippen MR) is 122 cm³/mol. The monoisotopic (exact) mass is 425 g/mol. The smallest absolute Gasteiger partial charge is 0.277 e. The van der Waals surface area contributed by atoms with Gasteiger partial charge in [0.1, 0.15) is 5.75 Å². The van der Waals surface area contributed by atoms with E-state index in [9.17, 15) is 14.9 Å². The van der Waals surface area contributed by atoms with Gasteiger partial charge in [-0.15, -0.1) is 0 Å². The van der Waals surface area contributed by atoms with Crippen LogP contribution in [-0.2, 0) is 10.2 Å². The molecule has 0 bridgehead atoms. The minimum Gasteiger partial charge on any atom is -0.484 e. The van der Waals surface area contributed by atoms with Crippen LogP contribution >= 0.6 is 0 Å². The van der Waals surface area contributed by atoms with Gasteiger partial charge in [0.25, 0.3) is 11.6 Å². The van der Waals surface area contributed by atoms with Crippen LogP contribution in [0.15, 0.2) is 53.6 Å². The molecule has 0 aromatic heterocycles. The third-order valence-electron chi connectivity index (χ3n) is 4.80. The highest BCUT2D eigenvalue weighted by molar-refractivity contribution is 5.99. The molecule has 2 aromatic rings. The van der Waals surface area contributed by atoms with Crippen molar-refractivity contribution in [3.8, 4) is 5.75 Å². The van der Waals surface area contributed by atoms with Crippen LogP contribution in [-0.4, -0.2) is 23.1 Å². The molecule has 0 atom stereocenters. The quantitative estimate of drug-likeness (QED) is 0.356. The van der Waals surface area contributed by atoms with Crippen molar-refractivity contribution in [2.75, 3.05) is 6.61 Å². The third-order valence-corrected chi connectivity index (χ3v) is 4.80. The molecule has 0 unspecified atom stereocenters. The minimum absolute atomic E-state index is 0.0316. The number of nitro groups is 1. The van der Waals surface area contributed by atoms with Crippen LogP contribution in [0, 0.1) is 15.5 Å². The highest BCUT2D eigenvalue weighted by Gasteiger charge is 2.27. The van der Waals surface area contributed by atoms with E-state index in [-0.39, 0.29) is 23.1 Å². The van der Waals surface area contributed by atoms with Gasteiger partial charge in [0.2, 0.25) is 0 Å².